The van der Waals surface area contributed by atoms with Crippen molar-refractivity contribution in [2.75, 3.05) is 13.2 Å². The summed E-state index contributed by atoms with van der Waals surface area (Å²) in [5.41, 5.74) is 1.10. The highest BCUT2D eigenvalue weighted by molar-refractivity contribution is 5.07. The Morgan fingerprint density at radius 3 is 3.06 bits per heavy atom. The molecule has 0 amide bonds. The van der Waals surface area contributed by atoms with Crippen LogP contribution in [-0.2, 0) is 4.74 Å². The average molecular weight is 220 g/mol. The maximum Gasteiger partial charge on any atom is 0.0779 e. The second-order valence-corrected chi connectivity index (χ2v) is 4.76. The predicted octanol–water partition coefficient (Wildman–Crippen LogP) is 2.30. The van der Waals surface area contributed by atoms with Gasteiger partial charge in [0.15, 0.2) is 0 Å². The molecule has 1 fully saturated rings. The third-order valence-electron chi connectivity index (χ3n) is 3.21. The van der Waals surface area contributed by atoms with E-state index in [0.29, 0.717) is 0 Å². The van der Waals surface area contributed by atoms with Crippen LogP contribution in [0.1, 0.15) is 38.4 Å². The summed E-state index contributed by atoms with van der Waals surface area (Å²) in [6.45, 7) is 6.11. The molecule has 2 heterocycles. The Hall–Kier alpha value is -0.930. The minimum absolute atomic E-state index is 0.0169. The number of aromatic nitrogens is 1. The molecule has 1 aromatic heterocycles. The first-order chi connectivity index (χ1) is 7.70. The zero-order chi connectivity index (χ0) is 11.4. The minimum Gasteiger partial charge on any atom is -0.374 e. The van der Waals surface area contributed by atoms with Crippen LogP contribution in [0, 0.1) is 0 Å². The fourth-order valence-corrected chi connectivity index (χ4v) is 2.08. The van der Waals surface area contributed by atoms with E-state index >= 15 is 0 Å². The van der Waals surface area contributed by atoms with Crippen molar-refractivity contribution >= 4 is 0 Å². The molecule has 1 aliphatic heterocycles. The second kappa shape index (κ2) is 4.93. The van der Waals surface area contributed by atoms with Gasteiger partial charge in [-0.25, -0.2) is 0 Å². The third-order valence-corrected chi connectivity index (χ3v) is 3.21. The number of pyridine rings is 1. The quantitative estimate of drug-likeness (QED) is 0.845. The first-order valence-corrected chi connectivity index (χ1v) is 5.98. The first kappa shape index (κ1) is 11.6. The Morgan fingerprint density at radius 1 is 1.56 bits per heavy atom. The summed E-state index contributed by atoms with van der Waals surface area (Å²) in [6, 6.07) is 6.30. The molecular weight excluding hydrogens is 200 g/mol. The molecule has 2 unspecified atom stereocenters. The van der Waals surface area contributed by atoms with E-state index in [2.05, 4.69) is 30.2 Å². The van der Waals surface area contributed by atoms with Gasteiger partial charge < -0.3 is 10.1 Å². The molecule has 0 saturated carbocycles. The summed E-state index contributed by atoms with van der Waals surface area (Å²) < 4.78 is 5.74. The lowest BCUT2D eigenvalue weighted by Crippen LogP contribution is -2.38. The van der Waals surface area contributed by atoms with Gasteiger partial charge in [0.2, 0.25) is 0 Å². The molecule has 88 valence electrons. The van der Waals surface area contributed by atoms with E-state index in [1.807, 2.05) is 18.3 Å². The molecule has 0 aliphatic carbocycles. The molecular formula is C13H20N2O. The smallest absolute Gasteiger partial charge is 0.0779 e. The number of ether oxygens (including phenoxy) is 1. The van der Waals surface area contributed by atoms with Crippen LogP contribution in [0.2, 0.25) is 0 Å². The van der Waals surface area contributed by atoms with E-state index in [9.17, 15) is 0 Å². The maximum absolute atomic E-state index is 5.74. The summed E-state index contributed by atoms with van der Waals surface area (Å²) in [4.78, 5) is 4.34. The Balaban J connectivity index is 1.86. The molecule has 3 heteroatoms. The number of rotatable bonds is 4. The van der Waals surface area contributed by atoms with Crippen LogP contribution in [0.3, 0.4) is 0 Å². The standard InChI is InChI=1S/C13H20N2O/c1-11(12-6-3-4-8-14-12)15-10-13(2)7-5-9-16-13/h3-4,6,8,11,15H,5,7,9-10H2,1-2H3. The predicted molar refractivity (Wildman–Crippen MR) is 64.2 cm³/mol. The van der Waals surface area contributed by atoms with Gasteiger partial charge in [-0.3, -0.25) is 4.98 Å². The molecule has 0 radical (unpaired) electrons. The Bertz CT molecular complexity index is 320. The maximum atomic E-state index is 5.74. The minimum atomic E-state index is 0.0169. The monoisotopic (exact) mass is 220 g/mol. The van der Waals surface area contributed by atoms with Crippen molar-refractivity contribution in [1.82, 2.24) is 10.3 Å². The van der Waals surface area contributed by atoms with E-state index in [0.717, 1.165) is 25.3 Å². The van der Waals surface area contributed by atoms with E-state index in [-0.39, 0.29) is 11.6 Å². The van der Waals surface area contributed by atoms with Crippen molar-refractivity contribution in [3.05, 3.63) is 30.1 Å². The fraction of sp³-hybridized carbons (Fsp3) is 0.615. The van der Waals surface area contributed by atoms with E-state index in [4.69, 9.17) is 4.74 Å². The second-order valence-electron chi connectivity index (χ2n) is 4.76. The summed E-state index contributed by atoms with van der Waals surface area (Å²) in [6.07, 6.45) is 4.16. The average Bonchev–Trinajstić information content (AvgIpc) is 2.75. The first-order valence-electron chi connectivity index (χ1n) is 5.98. The zero-order valence-electron chi connectivity index (χ0n) is 10.1. The number of hydrogen-bond donors (Lipinski definition) is 1. The van der Waals surface area contributed by atoms with Crippen molar-refractivity contribution in [2.45, 2.75) is 38.3 Å². The number of nitrogens with one attached hydrogen (secondary N) is 1. The Kier molecular flexibility index (Phi) is 3.56. The van der Waals surface area contributed by atoms with Crippen molar-refractivity contribution in [1.29, 1.82) is 0 Å². The van der Waals surface area contributed by atoms with Crippen LogP contribution >= 0.6 is 0 Å². The van der Waals surface area contributed by atoms with Crippen LogP contribution in [-0.4, -0.2) is 23.7 Å². The van der Waals surface area contributed by atoms with Crippen molar-refractivity contribution in [3.63, 3.8) is 0 Å². The van der Waals surface area contributed by atoms with E-state index < -0.39 is 0 Å². The molecule has 16 heavy (non-hydrogen) atoms. The van der Waals surface area contributed by atoms with E-state index in [1.54, 1.807) is 0 Å². The molecule has 0 spiro atoms. The van der Waals surface area contributed by atoms with Crippen molar-refractivity contribution in [2.24, 2.45) is 0 Å². The number of nitrogens with zero attached hydrogens (tertiary/aromatic N) is 1. The van der Waals surface area contributed by atoms with Gasteiger partial charge >= 0.3 is 0 Å². The van der Waals surface area contributed by atoms with Crippen molar-refractivity contribution in [3.8, 4) is 0 Å². The van der Waals surface area contributed by atoms with E-state index in [1.165, 1.54) is 6.42 Å². The van der Waals surface area contributed by atoms with Crippen LogP contribution in [0.25, 0.3) is 0 Å². The number of hydrogen-bond acceptors (Lipinski definition) is 3. The van der Waals surface area contributed by atoms with Gasteiger partial charge in [-0.05, 0) is 38.8 Å². The lowest BCUT2D eigenvalue weighted by molar-refractivity contribution is 0.0190. The molecule has 2 rings (SSSR count). The molecule has 2 atom stereocenters. The normalized spacial score (nSPS) is 26.9. The van der Waals surface area contributed by atoms with Crippen molar-refractivity contribution < 1.29 is 4.74 Å². The molecule has 1 aliphatic rings. The van der Waals surface area contributed by atoms with Gasteiger partial charge in [-0.1, -0.05) is 6.07 Å². The molecule has 3 nitrogen and oxygen atoms in total. The van der Waals surface area contributed by atoms with Crippen LogP contribution < -0.4 is 5.32 Å². The highest BCUT2D eigenvalue weighted by Gasteiger charge is 2.29. The largest absolute Gasteiger partial charge is 0.374 e. The van der Waals surface area contributed by atoms with Gasteiger partial charge in [-0.2, -0.15) is 0 Å². The lowest BCUT2D eigenvalue weighted by Gasteiger charge is -2.25. The van der Waals surface area contributed by atoms with Crippen LogP contribution in [0.5, 0.6) is 0 Å². The third kappa shape index (κ3) is 2.80. The SMILES string of the molecule is CC(NCC1(C)CCCO1)c1ccccn1. The Morgan fingerprint density at radius 2 is 2.44 bits per heavy atom. The molecule has 1 aromatic rings. The summed E-state index contributed by atoms with van der Waals surface area (Å²) in [7, 11) is 0. The fourth-order valence-electron chi connectivity index (χ4n) is 2.08. The van der Waals surface area contributed by atoms with Crippen LogP contribution in [0.15, 0.2) is 24.4 Å². The van der Waals surface area contributed by atoms with Gasteiger partial charge in [0.05, 0.1) is 11.3 Å². The Labute approximate surface area is 97.2 Å². The lowest BCUT2D eigenvalue weighted by atomic mass is 10.0. The summed E-state index contributed by atoms with van der Waals surface area (Å²) in [5.74, 6) is 0. The van der Waals surface area contributed by atoms with Gasteiger partial charge in [-0.15, -0.1) is 0 Å². The molecule has 0 bridgehead atoms. The van der Waals surface area contributed by atoms with Crippen LogP contribution in [0.4, 0.5) is 0 Å². The topological polar surface area (TPSA) is 34.1 Å². The summed E-state index contributed by atoms with van der Waals surface area (Å²) in [5, 5.41) is 3.49. The van der Waals surface area contributed by atoms with Gasteiger partial charge in [0.25, 0.3) is 0 Å². The zero-order valence-corrected chi connectivity index (χ0v) is 10.1. The highest BCUT2D eigenvalue weighted by Crippen LogP contribution is 2.24. The van der Waals surface area contributed by atoms with Gasteiger partial charge in [0.1, 0.15) is 0 Å². The summed E-state index contributed by atoms with van der Waals surface area (Å²) >= 11 is 0. The highest BCUT2D eigenvalue weighted by atomic mass is 16.5. The molecule has 0 aromatic carbocycles. The van der Waals surface area contributed by atoms with Gasteiger partial charge in [0, 0.05) is 25.4 Å². The molecule has 1 N–H and O–H groups in total. The molecule has 1 saturated heterocycles.